The maximum absolute atomic E-state index is 11.2. The fourth-order valence-corrected chi connectivity index (χ4v) is 1.56. The first-order valence-corrected chi connectivity index (χ1v) is 6.23. The molecule has 0 atom stereocenters. The van der Waals surface area contributed by atoms with Gasteiger partial charge in [-0.25, -0.2) is 0 Å². The van der Waals surface area contributed by atoms with Gasteiger partial charge in [-0.1, -0.05) is 31.6 Å². The van der Waals surface area contributed by atoms with Crippen LogP contribution in [0.1, 0.15) is 46.0 Å². The summed E-state index contributed by atoms with van der Waals surface area (Å²) in [5, 5.41) is 0. The van der Waals surface area contributed by atoms with E-state index in [1.54, 1.807) is 13.0 Å². The fourth-order valence-electron chi connectivity index (χ4n) is 1.56. The van der Waals surface area contributed by atoms with E-state index < -0.39 is 0 Å². The number of rotatable bonds is 9. The number of amides is 1. The van der Waals surface area contributed by atoms with Crippen LogP contribution in [0.5, 0.6) is 0 Å². The lowest BCUT2D eigenvalue weighted by Crippen LogP contribution is -2.29. The smallest absolute Gasteiger partial charge is 0.219 e. The Labute approximate surface area is 100 Å². The van der Waals surface area contributed by atoms with Gasteiger partial charge in [0.25, 0.3) is 0 Å². The SMILES string of the molecule is C=CCN(CCCCC/C=C\CC)C(C)=O. The molecule has 0 aromatic rings. The second-order valence-corrected chi connectivity index (χ2v) is 3.98. The molecule has 0 rings (SSSR count). The molecule has 0 saturated carbocycles. The molecule has 2 heteroatoms. The van der Waals surface area contributed by atoms with Crippen LogP contribution in [0.15, 0.2) is 24.8 Å². The largest absolute Gasteiger partial charge is 0.339 e. The highest BCUT2D eigenvalue weighted by molar-refractivity contribution is 5.73. The van der Waals surface area contributed by atoms with E-state index in [-0.39, 0.29) is 5.91 Å². The Morgan fingerprint density at radius 3 is 2.56 bits per heavy atom. The monoisotopic (exact) mass is 223 g/mol. The van der Waals surface area contributed by atoms with Gasteiger partial charge in [0, 0.05) is 20.0 Å². The maximum atomic E-state index is 11.2. The van der Waals surface area contributed by atoms with Crippen LogP contribution in [0.2, 0.25) is 0 Å². The first-order chi connectivity index (χ1) is 7.72. The minimum absolute atomic E-state index is 0.144. The van der Waals surface area contributed by atoms with E-state index >= 15 is 0 Å². The predicted molar refractivity (Wildman–Crippen MR) is 70.4 cm³/mol. The molecule has 92 valence electrons. The summed E-state index contributed by atoms with van der Waals surface area (Å²) in [7, 11) is 0. The summed E-state index contributed by atoms with van der Waals surface area (Å²) < 4.78 is 0. The van der Waals surface area contributed by atoms with Gasteiger partial charge >= 0.3 is 0 Å². The van der Waals surface area contributed by atoms with E-state index in [1.807, 2.05) is 4.90 Å². The van der Waals surface area contributed by atoms with Gasteiger partial charge in [-0.15, -0.1) is 6.58 Å². The van der Waals surface area contributed by atoms with Crippen molar-refractivity contribution in [3.05, 3.63) is 24.8 Å². The molecular formula is C14H25NO. The first-order valence-electron chi connectivity index (χ1n) is 6.23. The topological polar surface area (TPSA) is 20.3 Å². The summed E-state index contributed by atoms with van der Waals surface area (Å²) in [5.74, 6) is 0.144. The Kier molecular flexibility index (Phi) is 9.78. The third-order valence-corrected chi connectivity index (χ3v) is 2.50. The summed E-state index contributed by atoms with van der Waals surface area (Å²) in [4.78, 5) is 13.0. The second-order valence-electron chi connectivity index (χ2n) is 3.98. The number of unbranched alkanes of at least 4 members (excludes halogenated alkanes) is 3. The minimum atomic E-state index is 0.144. The van der Waals surface area contributed by atoms with Gasteiger partial charge in [-0.05, 0) is 25.7 Å². The minimum Gasteiger partial charge on any atom is -0.339 e. The van der Waals surface area contributed by atoms with Crippen molar-refractivity contribution in [3.8, 4) is 0 Å². The lowest BCUT2D eigenvalue weighted by molar-refractivity contribution is -0.128. The quantitative estimate of drug-likeness (QED) is 0.432. The molecule has 0 aromatic carbocycles. The lowest BCUT2D eigenvalue weighted by atomic mass is 10.1. The molecule has 16 heavy (non-hydrogen) atoms. The molecule has 0 aliphatic heterocycles. The summed E-state index contributed by atoms with van der Waals surface area (Å²) in [6, 6.07) is 0. The van der Waals surface area contributed by atoms with Crippen molar-refractivity contribution in [2.45, 2.75) is 46.0 Å². The molecule has 0 spiro atoms. The first kappa shape index (κ1) is 14.9. The number of carbonyl (C=O) groups excluding carboxylic acids is 1. The van der Waals surface area contributed by atoms with Crippen molar-refractivity contribution < 1.29 is 4.79 Å². The summed E-state index contributed by atoms with van der Waals surface area (Å²) in [5.41, 5.74) is 0. The Morgan fingerprint density at radius 2 is 2.00 bits per heavy atom. The van der Waals surface area contributed by atoms with Crippen LogP contribution >= 0.6 is 0 Å². The van der Waals surface area contributed by atoms with Crippen molar-refractivity contribution in [2.75, 3.05) is 13.1 Å². The Bertz CT molecular complexity index is 221. The van der Waals surface area contributed by atoms with E-state index in [4.69, 9.17) is 0 Å². The van der Waals surface area contributed by atoms with Crippen molar-refractivity contribution in [1.29, 1.82) is 0 Å². The van der Waals surface area contributed by atoms with Gasteiger partial charge in [0.05, 0.1) is 0 Å². The predicted octanol–water partition coefficient (Wildman–Crippen LogP) is 3.55. The second kappa shape index (κ2) is 10.5. The Balaban J connectivity index is 3.51. The molecule has 0 aromatic heterocycles. The van der Waals surface area contributed by atoms with Crippen LogP contribution in [0, 0.1) is 0 Å². The number of hydrogen-bond donors (Lipinski definition) is 0. The van der Waals surface area contributed by atoms with Crippen LogP contribution in [0.3, 0.4) is 0 Å². The molecule has 0 fully saturated rings. The standard InChI is InChI=1S/C14H25NO/c1-4-6-7-8-9-10-11-13-15(12-5-2)14(3)16/h5-7H,2,4,8-13H2,1,3H3/b7-6-. The summed E-state index contributed by atoms with van der Waals surface area (Å²) >= 11 is 0. The third kappa shape index (κ3) is 8.27. The average Bonchev–Trinajstić information content (AvgIpc) is 2.26. The summed E-state index contributed by atoms with van der Waals surface area (Å²) in [6.45, 7) is 8.96. The molecule has 0 aliphatic rings. The normalized spacial score (nSPS) is 10.6. The molecule has 0 N–H and O–H groups in total. The van der Waals surface area contributed by atoms with Crippen molar-refractivity contribution in [2.24, 2.45) is 0 Å². The molecule has 2 nitrogen and oxygen atoms in total. The fraction of sp³-hybridized carbons (Fsp3) is 0.643. The number of allylic oxidation sites excluding steroid dienone is 2. The van der Waals surface area contributed by atoms with Gasteiger partial charge in [0.2, 0.25) is 5.91 Å². The zero-order valence-electron chi connectivity index (χ0n) is 10.7. The van der Waals surface area contributed by atoms with Crippen LogP contribution in [-0.2, 0) is 4.79 Å². The Hall–Kier alpha value is -1.05. The van der Waals surface area contributed by atoms with E-state index in [9.17, 15) is 4.79 Å². The van der Waals surface area contributed by atoms with Crippen LogP contribution in [0.4, 0.5) is 0 Å². The lowest BCUT2D eigenvalue weighted by Gasteiger charge is -2.18. The summed E-state index contributed by atoms with van der Waals surface area (Å²) in [6.07, 6.45) is 12.0. The van der Waals surface area contributed by atoms with Crippen LogP contribution < -0.4 is 0 Å². The molecule has 0 saturated heterocycles. The molecular weight excluding hydrogens is 198 g/mol. The highest BCUT2D eigenvalue weighted by Gasteiger charge is 2.04. The van der Waals surface area contributed by atoms with Crippen LogP contribution in [-0.4, -0.2) is 23.9 Å². The molecule has 0 radical (unpaired) electrons. The highest BCUT2D eigenvalue weighted by atomic mass is 16.2. The van der Waals surface area contributed by atoms with Crippen LogP contribution in [0.25, 0.3) is 0 Å². The maximum Gasteiger partial charge on any atom is 0.219 e. The average molecular weight is 223 g/mol. The van der Waals surface area contributed by atoms with Gasteiger partial charge in [0.1, 0.15) is 0 Å². The van der Waals surface area contributed by atoms with E-state index in [0.29, 0.717) is 6.54 Å². The zero-order chi connectivity index (χ0) is 12.2. The molecule has 1 amide bonds. The van der Waals surface area contributed by atoms with E-state index in [2.05, 4.69) is 25.7 Å². The molecule has 0 unspecified atom stereocenters. The number of hydrogen-bond acceptors (Lipinski definition) is 1. The Morgan fingerprint density at radius 1 is 1.25 bits per heavy atom. The van der Waals surface area contributed by atoms with Gasteiger partial charge in [-0.2, -0.15) is 0 Å². The number of carbonyl (C=O) groups is 1. The molecule has 0 aliphatic carbocycles. The zero-order valence-corrected chi connectivity index (χ0v) is 10.7. The van der Waals surface area contributed by atoms with E-state index in [1.165, 1.54) is 12.8 Å². The third-order valence-electron chi connectivity index (χ3n) is 2.50. The van der Waals surface area contributed by atoms with Gasteiger partial charge in [0.15, 0.2) is 0 Å². The van der Waals surface area contributed by atoms with Gasteiger partial charge in [-0.3, -0.25) is 4.79 Å². The molecule has 0 heterocycles. The van der Waals surface area contributed by atoms with E-state index in [0.717, 1.165) is 25.8 Å². The number of nitrogens with zero attached hydrogens (tertiary/aromatic N) is 1. The highest BCUT2D eigenvalue weighted by Crippen LogP contribution is 2.03. The van der Waals surface area contributed by atoms with Crippen molar-refractivity contribution in [3.63, 3.8) is 0 Å². The van der Waals surface area contributed by atoms with Gasteiger partial charge < -0.3 is 4.90 Å². The van der Waals surface area contributed by atoms with Crippen molar-refractivity contribution >= 4 is 5.91 Å². The molecule has 0 bridgehead atoms. The van der Waals surface area contributed by atoms with Crippen molar-refractivity contribution in [1.82, 2.24) is 4.90 Å².